The Balaban J connectivity index is 2.12. The quantitative estimate of drug-likeness (QED) is 0.780. The Morgan fingerprint density at radius 2 is 2.20 bits per heavy atom. The standard InChI is InChI=1S/C13H23N3O3S/c1-3-16-9-12(7-11(16)8-14)20(17,18)15-10-13(19-2)5-4-6-13/h7,9,15H,3-6,8,10,14H2,1-2H3. The number of nitrogens with zero attached hydrogens (tertiary/aromatic N) is 1. The van der Waals surface area contributed by atoms with Crippen LogP contribution in [0.3, 0.4) is 0 Å². The number of nitrogens with two attached hydrogens (primary N) is 1. The van der Waals surface area contributed by atoms with Gasteiger partial charge in [-0.2, -0.15) is 0 Å². The minimum Gasteiger partial charge on any atom is -0.377 e. The maximum atomic E-state index is 12.3. The van der Waals surface area contributed by atoms with Crippen LogP contribution in [0.5, 0.6) is 0 Å². The van der Waals surface area contributed by atoms with E-state index in [0.29, 0.717) is 19.6 Å². The molecule has 1 aliphatic rings. The van der Waals surface area contributed by atoms with Gasteiger partial charge >= 0.3 is 0 Å². The molecule has 1 aromatic heterocycles. The second-order valence-corrected chi connectivity index (χ2v) is 6.99. The predicted molar refractivity (Wildman–Crippen MR) is 76.8 cm³/mol. The summed E-state index contributed by atoms with van der Waals surface area (Å²) in [6.07, 6.45) is 4.51. The maximum absolute atomic E-state index is 12.3. The Morgan fingerprint density at radius 1 is 1.50 bits per heavy atom. The van der Waals surface area contributed by atoms with Gasteiger partial charge in [0, 0.05) is 38.6 Å². The third-order valence-corrected chi connectivity index (χ3v) is 5.47. The predicted octanol–water partition coefficient (Wildman–Crippen LogP) is 0.814. The summed E-state index contributed by atoms with van der Waals surface area (Å²) in [4.78, 5) is 0.269. The summed E-state index contributed by atoms with van der Waals surface area (Å²) in [5.74, 6) is 0. The summed E-state index contributed by atoms with van der Waals surface area (Å²) in [6, 6.07) is 1.63. The molecule has 1 fully saturated rings. The van der Waals surface area contributed by atoms with E-state index < -0.39 is 10.0 Å². The van der Waals surface area contributed by atoms with Gasteiger partial charge in [0.1, 0.15) is 0 Å². The summed E-state index contributed by atoms with van der Waals surface area (Å²) in [5, 5.41) is 0. The van der Waals surface area contributed by atoms with E-state index in [1.807, 2.05) is 11.5 Å². The van der Waals surface area contributed by atoms with E-state index in [1.165, 1.54) is 0 Å². The summed E-state index contributed by atoms with van der Waals surface area (Å²) in [7, 11) is -1.88. The molecule has 1 heterocycles. The van der Waals surface area contributed by atoms with Gasteiger partial charge in [-0.25, -0.2) is 13.1 Å². The molecule has 0 spiro atoms. The summed E-state index contributed by atoms with van der Waals surface area (Å²) >= 11 is 0. The first kappa shape index (κ1) is 15.5. The summed E-state index contributed by atoms with van der Waals surface area (Å²) < 4.78 is 34.5. The van der Waals surface area contributed by atoms with E-state index >= 15 is 0 Å². The first-order valence-electron chi connectivity index (χ1n) is 6.90. The van der Waals surface area contributed by atoms with Gasteiger partial charge < -0.3 is 15.0 Å². The zero-order valence-electron chi connectivity index (χ0n) is 12.1. The number of hydrogen-bond acceptors (Lipinski definition) is 4. The molecule has 0 aromatic carbocycles. The van der Waals surface area contributed by atoms with Crippen LogP contribution in [-0.2, 0) is 27.8 Å². The second kappa shape index (κ2) is 5.85. The van der Waals surface area contributed by atoms with Crippen molar-refractivity contribution in [1.82, 2.24) is 9.29 Å². The van der Waals surface area contributed by atoms with Crippen molar-refractivity contribution in [3.05, 3.63) is 18.0 Å². The maximum Gasteiger partial charge on any atom is 0.242 e. The van der Waals surface area contributed by atoms with Gasteiger partial charge in [-0.15, -0.1) is 0 Å². The van der Waals surface area contributed by atoms with Crippen molar-refractivity contribution < 1.29 is 13.2 Å². The summed E-state index contributed by atoms with van der Waals surface area (Å²) in [5.41, 5.74) is 6.12. The topological polar surface area (TPSA) is 86.3 Å². The highest BCUT2D eigenvalue weighted by atomic mass is 32.2. The molecular formula is C13H23N3O3S. The van der Waals surface area contributed by atoms with Crippen LogP contribution in [0.15, 0.2) is 17.2 Å². The smallest absolute Gasteiger partial charge is 0.242 e. The number of nitrogens with one attached hydrogen (secondary N) is 1. The molecule has 3 N–H and O–H groups in total. The van der Waals surface area contributed by atoms with Crippen molar-refractivity contribution in [2.75, 3.05) is 13.7 Å². The lowest BCUT2D eigenvalue weighted by molar-refractivity contribution is -0.0659. The molecule has 0 atom stereocenters. The van der Waals surface area contributed by atoms with E-state index in [4.69, 9.17) is 10.5 Å². The average Bonchev–Trinajstić information content (AvgIpc) is 2.82. The van der Waals surface area contributed by atoms with Crippen molar-refractivity contribution in [3.63, 3.8) is 0 Å². The lowest BCUT2D eigenvalue weighted by Crippen LogP contribution is -2.49. The Kier molecular flexibility index (Phi) is 4.53. The molecule has 0 saturated heterocycles. The molecule has 6 nitrogen and oxygen atoms in total. The van der Waals surface area contributed by atoms with Gasteiger partial charge in [-0.3, -0.25) is 0 Å². The summed E-state index contributed by atoms with van der Waals surface area (Å²) in [6.45, 7) is 3.30. The van der Waals surface area contributed by atoms with Crippen LogP contribution in [0.1, 0.15) is 31.9 Å². The molecule has 7 heteroatoms. The van der Waals surface area contributed by atoms with E-state index in [9.17, 15) is 8.42 Å². The van der Waals surface area contributed by atoms with E-state index in [1.54, 1.807) is 19.4 Å². The number of methoxy groups -OCH3 is 1. The highest BCUT2D eigenvalue weighted by Crippen LogP contribution is 2.34. The fourth-order valence-corrected chi connectivity index (χ4v) is 3.65. The van der Waals surface area contributed by atoms with E-state index in [-0.39, 0.29) is 10.5 Å². The van der Waals surface area contributed by atoms with Crippen molar-refractivity contribution >= 4 is 10.0 Å². The Labute approximate surface area is 120 Å². The monoisotopic (exact) mass is 301 g/mol. The van der Waals surface area contributed by atoms with Crippen LogP contribution in [-0.4, -0.2) is 32.2 Å². The minimum atomic E-state index is -3.51. The van der Waals surface area contributed by atoms with Crippen molar-refractivity contribution in [3.8, 4) is 0 Å². The van der Waals surface area contributed by atoms with Crippen molar-refractivity contribution in [2.45, 2.75) is 49.8 Å². The third-order valence-electron chi connectivity index (χ3n) is 4.10. The molecule has 0 amide bonds. The van der Waals surface area contributed by atoms with Crippen LogP contribution in [0, 0.1) is 0 Å². The average molecular weight is 301 g/mol. The van der Waals surface area contributed by atoms with Gasteiger partial charge in [0.15, 0.2) is 0 Å². The highest BCUT2D eigenvalue weighted by Gasteiger charge is 2.38. The van der Waals surface area contributed by atoms with Gasteiger partial charge in [0.05, 0.1) is 10.5 Å². The number of rotatable bonds is 7. The van der Waals surface area contributed by atoms with Crippen molar-refractivity contribution in [2.24, 2.45) is 5.73 Å². The van der Waals surface area contributed by atoms with Crippen LogP contribution in [0.25, 0.3) is 0 Å². The Hall–Kier alpha value is -0.890. The van der Waals surface area contributed by atoms with Crippen LogP contribution in [0.4, 0.5) is 0 Å². The number of sulfonamides is 1. The molecular weight excluding hydrogens is 278 g/mol. The Bertz CT molecular complexity index is 534. The molecule has 20 heavy (non-hydrogen) atoms. The molecule has 0 unspecified atom stereocenters. The van der Waals surface area contributed by atoms with Crippen LogP contribution >= 0.6 is 0 Å². The molecule has 0 radical (unpaired) electrons. The number of aryl methyl sites for hydroxylation is 1. The third kappa shape index (κ3) is 2.90. The first-order valence-corrected chi connectivity index (χ1v) is 8.38. The van der Waals surface area contributed by atoms with Gasteiger partial charge in [-0.1, -0.05) is 0 Å². The van der Waals surface area contributed by atoms with Gasteiger partial charge in [0.25, 0.3) is 0 Å². The van der Waals surface area contributed by atoms with Crippen LogP contribution in [0.2, 0.25) is 0 Å². The fraction of sp³-hybridized carbons (Fsp3) is 0.692. The molecule has 2 rings (SSSR count). The molecule has 0 bridgehead atoms. The number of hydrogen-bond donors (Lipinski definition) is 2. The van der Waals surface area contributed by atoms with E-state index in [2.05, 4.69) is 4.72 Å². The first-order chi connectivity index (χ1) is 9.46. The zero-order chi connectivity index (χ0) is 14.8. The zero-order valence-corrected chi connectivity index (χ0v) is 12.9. The molecule has 114 valence electrons. The lowest BCUT2D eigenvalue weighted by atomic mass is 9.80. The molecule has 0 aliphatic heterocycles. The highest BCUT2D eigenvalue weighted by molar-refractivity contribution is 7.89. The minimum absolute atomic E-state index is 0.269. The van der Waals surface area contributed by atoms with Crippen molar-refractivity contribution in [1.29, 1.82) is 0 Å². The van der Waals surface area contributed by atoms with Crippen LogP contribution < -0.4 is 10.5 Å². The Morgan fingerprint density at radius 3 is 2.60 bits per heavy atom. The molecule has 1 aliphatic carbocycles. The molecule has 1 aromatic rings. The second-order valence-electron chi connectivity index (χ2n) is 5.22. The SMILES string of the molecule is CCn1cc(S(=O)(=O)NCC2(OC)CCC2)cc1CN. The molecule has 1 saturated carbocycles. The fourth-order valence-electron chi connectivity index (χ4n) is 2.47. The normalized spacial score (nSPS) is 17.9. The number of aromatic nitrogens is 1. The lowest BCUT2D eigenvalue weighted by Gasteiger charge is -2.40. The number of ether oxygens (including phenoxy) is 1. The van der Waals surface area contributed by atoms with Gasteiger partial charge in [0.2, 0.25) is 10.0 Å². The van der Waals surface area contributed by atoms with Gasteiger partial charge in [-0.05, 0) is 32.3 Å². The van der Waals surface area contributed by atoms with E-state index in [0.717, 1.165) is 25.0 Å². The largest absolute Gasteiger partial charge is 0.377 e.